The number of aryl methyl sites for hydroxylation is 1. The van der Waals surface area contributed by atoms with E-state index >= 15 is 0 Å². The number of piperazine rings is 1. The SMILES string of the molecule is Cc1cn2nc(C3CCCCN3C(=O)c3cc(Cl)ccc3NS(C)=O)cc2nc1N1CCNCC1. The van der Waals surface area contributed by atoms with Crippen LogP contribution in [0.25, 0.3) is 5.65 Å². The van der Waals surface area contributed by atoms with Gasteiger partial charge in [-0.25, -0.2) is 13.7 Å². The number of hydrogen-bond acceptors (Lipinski definition) is 6. The Morgan fingerprint density at radius 3 is 2.77 bits per heavy atom. The second kappa shape index (κ2) is 10.1. The highest BCUT2D eigenvalue weighted by molar-refractivity contribution is 7.85. The number of rotatable bonds is 5. The summed E-state index contributed by atoms with van der Waals surface area (Å²) in [7, 11) is -1.31. The number of hydrogen-bond donors (Lipinski definition) is 2. The Labute approximate surface area is 212 Å². The van der Waals surface area contributed by atoms with Crippen LogP contribution in [0.15, 0.2) is 30.5 Å². The summed E-state index contributed by atoms with van der Waals surface area (Å²) in [5.74, 6) is 0.845. The quantitative estimate of drug-likeness (QED) is 0.542. The van der Waals surface area contributed by atoms with Gasteiger partial charge in [-0.3, -0.25) is 4.79 Å². The molecule has 0 radical (unpaired) electrons. The van der Waals surface area contributed by atoms with Crippen LogP contribution in [0, 0.1) is 6.92 Å². The lowest BCUT2D eigenvalue weighted by Gasteiger charge is -2.35. The average Bonchev–Trinajstić information content (AvgIpc) is 3.27. The molecule has 186 valence electrons. The molecular weight excluding hydrogens is 486 g/mol. The second-order valence-electron chi connectivity index (χ2n) is 9.11. The molecule has 3 aromatic rings. The molecule has 9 nitrogen and oxygen atoms in total. The van der Waals surface area contributed by atoms with Gasteiger partial charge in [0.1, 0.15) is 16.8 Å². The molecule has 1 amide bonds. The molecule has 11 heteroatoms. The van der Waals surface area contributed by atoms with E-state index in [4.69, 9.17) is 21.7 Å². The van der Waals surface area contributed by atoms with Gasteiger partial charge >= 0.3 is 0 Å². The number of piperidine rings is 1. The zero-order chi connectivity index (χ0) is 24.5. The van der Waals surface area contributed by atoms with Gasteiger partial charge < -0.3 is 19.8 Å². The van der Waals surface area contributed by atoms with Crippen molar-refractivity contribution in [1.82, 2.24) is 24.8 Å². The Morgan fingerprint density at radius 1 is 1.20 bits per heavy atom. The van der Waals surface area contributed by atoms with Crippen molar-refractivity contribution in [2.75, 3.05) is 48.6 Å². The van der Waals surface area contributed by atoms with Crippen molar-refractivity contribution in [3.63, 3.8) is 0 Å². The van der Waals surface area contributed by atoms with Crippen LogP contribution in [-0.4, -0.2) is 68.6 Å². The number of fused-ring (bicyclic) bond motifs is 1. The maximum Gasteiger partial charge on any atom is 0.256 e. The highest BCUT2D eigenvalue weighted by atomic mass is 35.5. The summed E-state index contributed by atoms with van der Waals surface area (Å²) < 4.78 is 16.5. The molecule has 0 bridgehead atoms. The zero-order valence-electron chi connectivity index (χ0n) is 20.0. The summed E-state index contributed by atoms with van der Waals surface area (Å²) in [4.78, 5) is 22.8. The van der Waals surface area contributed by atoms with E-state index in [9.17, 15) is 9.00 Å². The monoisotopic (exact) mass is 515 g/mol. The van der Waals surface area contributed by atoms with Crippen LogP contribution in [0.1, 0.15) is 46.9 Å². The maximum atomic E-state index is 13.7. The molecule has 2 aliphatic heterocycles. The first-order valence-electron chi connectivity index (χ1n) is 11.9. The van der Waals surface area contributed by atoms with Crippen molar-refractivity contribution in [3.05, 3.63) is 52.3 Å². The van der Waals surface area contributed by atoms with Crippen LogP contribution < -0.4 is 14.9 Å². The zero-order valence-corrected chi connectivity index (χ0v) is 21.5. The van der Waals surface area contributed by atoms with Gasteiger partial charge in [0.15, 0.2) is 5.65 Å². The maximum absolute atomic E-state index is 13.7. The number of amides is 1. The molecule has 0 aliphatic carbocycles. The van der Waals surface area contributed by atoms with Crippen LogP contribution in [0.5, 0.6) is 0 Å². The summed E-state index contributed by atoms with van der Waals surface area (Å²) in [5.41, 5.74) is 3.62. The van der Waals surface area contributed by atoms with Crippen molar-refractivity contribution in [2.24, 2.45) is 0 Å². The van der Waals surface area contributed by atoms with Crippen molar-refractivity contribution in [3.8, 4) is 0 Å². The highest BCUT2D eigenvalue weighted by Gasteiger charge is 2.32. The van der Waals surface area contributed by atoms with Crippen molar-refractivity contribution in [2.45, 2.75) is 32.2 Å². The molecule has 2 aliphatic rings. The lowest BCUT2D eigenvalue weighted by Crippen LogP contribution is -2.44. The van der Waals surface area contributed by atoms with E-state index in [1.54, 1.807) is 18.2 Å². The van der Waals surface area contributed by atoms with E-state index in [0.29, 0.717) is 22.8 Å². The molecule has 2 atom stereocenters. The van der Waals surface area contributed by atoms with Gasteiger partial charge in [-0.15, -0.1) is 0 Å². The predicted molar refractivity (Wildman–Crippen MR) is 140 cm³/mol. The van der Waals surface area contributed by atoms with Gasteiger partial charge in [-0.05, 0) is 44.4 Å². The second-order valence-corrected chi connectivity index (χ2v) is 10.7. The summed E-state index contributed by atoms with van der Waals surface area (Å²) in [6, 6.07) is 6.86. The fourth-order valence-electron chi connectivity index (χ4n) is 4.95. The minimum Gasteiger partial charge on any atom is -0.354 e. The van der Waals surface area contributed by atoms with E-state index < -0.39 is 11.0 Å². The van der Waals surface area contributed by atoms with Crippen LogP contribution in [0.2, 0.25) is 5.02 Å². The number of halogens is 1. The van der Waals surface area contributed by atoms with E-state index in [2.05, 4.69) is 21.9 Å². The van der Waals surface area contributed by atoms with Gasteiger partial charge in [0.25, 0.3) is 5.91 Å². The van der Waals surface area contributed by atoms with Crippen LogP contribution in [0.4, 0.5) is 11.5 Å². The molecule has 0 saturated carbocycles. The molecule has 2 aromatic heterocycles. The molecule has 4 heterocycles. The fraction of sp³-hybridized carbons (Fsp3) is 0.458. The Bertz CT molecular complexity index is 1270. The third kappa shape index (κ3) is 5.00. The molecular formula is C24H30ClN7O2S. The van der Waals surface area contributed by atoms with Crippen LogP contribution >= 0.6 is 11.6 Å². The molecule has 2 fully saturated rings. The fourth-order valence-corrected chi connectivity index (χ4v) is 5.61. The number of nitrogens with zero attached hydrogens (tertiary/aromatic N) is 5. The van der Waals surface area contributed by atoms with Crippen molar-refractivity contribution >= 4 is 45.6 Å². The molecule has 0 spiro atoms. The minimum atomic E-state index is -1.31. The summed E-state index contributed by atoms with van der Waals surface area (Å²) in [6.07, 6.45) is 6.31. The minimum absolute atomic E-state index is 0.146. The average molecular weight is 516 g/mol. The molecule has 2 N–H and O–H groups in total. The van der Waals surface area contributed by atoms with Crippen molar-refractivity contribution in [1.29, 1.82) is 0 Å². The molecule has 2 unspecified atom stereocenters. The van der Waals surface area contributed by atoms with Gasteiger partial charge in [0.2, 0.25) is 0 Å². The van der Waals surface area contributed by atoms with E-state index in [0.717, 1.165) is 68.2 Å². The Morgan fingerprint density at radius 2 is 2.00 bits per heavy atom. The summed E-state index contributed by atoms with van der Waals surface area (Å²) in [6.45, 7) is 6.43. The van der Waals surface area contributed by atoms with Gasteiger partial charge in [0, 0.05) is 61.8 Å². The van der Waals surface area contributed by atoms with Crippen LogP contribution in [-0.2, 0) is 11.0 Å². The van der Waals surface area contributed by atoms with E-state index in [1.165, 1.54) is 6.26 Å². The molecule has 1 aromatic carbocycles. The summed E-state index contributed by atoms with van der Waals surface area (Å²) in [5, 5.41) is 8.68. The molecule has 35 heavy (non-hydrogen) atoms. The number of nitrogens with one attached hydrogen (secondary N) is 2. The van der Waals surface area contributed by atoms with E-state index in [-0.39, 0.29) is 11.9 Å². The first-order valence-corrected chi connectivity index (χ1v) is 13.9. The number of carbonyl (C=O) groups excluding carboxylic acids is 1. The number of anilines is 2. The third-order valence-corrected chi connectivity index (χ3v) is 7.35. The lowest BCUT2D eigenvalue weighted by atomic mass is 9.98. The van der Waals surface area contributed by atoms with Gasteiger partial charge in [0.05, 0.1) is 23.0 Å². The van der Waals surface area contributed by atoms with Gasteiger partial charge in [-0.1, -0.05) is 11.6 Å². The Kier molecular flexibility index (Phi) is 6.95. The molecule has 2 saturated heterocycles. The lowest BCUT2D eigenvalue weighted by molar-refractivity contribution is 0.0607. The smallest absolute Gasteiger partial charge is 0.256 e. The largest absolute Gasteiger partial charge is 0.354 e. The first kappa shape index (κ1) is 24.0. The topological polar surface area (TPSA) is 94.9 Å². The number of likely N-dealkylation sites (tertiary alicyclic amines) is 1. The first-order chi connectivity index (χ1) is 16.9. The summed E-state index contributed by atoms with van der Waals surface area (Å²) >= 11 is 6.23. The third-order valence-electron chi connectivity index (χ3n) is 6.61. The molecule has 5 rings (SSSR count). The Balaban J connectivity index is 1.48. The normalized spacial score (nSPS) is 19.7. The van der Waals surface area contributed by atoms with Crippen molar-refractivity contribution < 1.29 is 9.00 Å². The number of benzene rings is 1. The van der Waals surface area contributed by atoms with E-state index in [1.807, 2.05) is 21.7 Å². The standard InChI is InChI=1S/C24H30ClN7O2S/c1-16-15-32-22(27-23(16)30-11-8-26-9-12-30)14-20(28-32)21-5-3-4-10-31(21)24(33)18-13-17(25)6-7-19(18)29-35(2)34/h6-7,13-15,21,26,29H,3-5,8-12H2,1-2H3. The number of carbonyl (C=O) groups is 1. The van der Waals surface area contributed by atoms with Gasteiger partial charge in [-0.2, -0.15) is 5.10 Å². The Hall–Kier alpha value is -2.69. The highest BCUT2D eigenvalue weighted by Crippen LogP contribution is 2.34. The van der Waals surface area contributed by atoms with Crippen LogP contribution in [0.3, 0.4) is 0 Å². The number of aromatic nitrogens is 3. The predicted octanol–water partition coefficient (Wildman–Crippen LogP) is 3.17.